The molecule has 124 valence electrons. The maximum absolute atomic E-state index is 9.87. The summed E-state index contributed by atoms with van der Waals surface area (Å²) in [4.78, 5) is 0. The van der Waals surface area contributed by atoms with Gasteiger partial charge in [0, 0.05) is 0 Å². The van der Waals surface area contributed by atoms with Gasteiger partial charge < -0.3 is 50.0 Å². The van der Waals surface area contributed by atoms with Gasteiger partial charge in [0.25, 0.3) is 0 Å². The van der Waals surface area contributed by atoms with Gasteiger partial charge in [0.05, 0.1) is 13.2 Å². The van der Waals surface area contributed by atoms with Crippen LogP contribution in [0.1, 0.15) is 0 Å². The third kappa shape index (κ3) is 3.35. The maximum Gasteiger partial charge on any atom is 0.186 e. The Morgan fingerprint density at radius 3 is 2.19 bits per heavy atom. The molecule has 0 aromatic heterocycles. The van der Waals surface area contributed by atoms with Crippen molar-refractivity contribution in [2.24, 2.45) is 0 Å². The van der Waals surface area contributed by atoms with Gasteiger partial charge in [-0.05, 0) is 0 Å². The molecule has 2 fully saturated rings. The standard InChI is InChI=1S/C11H20O10/c12-1-4-9(6(15)7(16)10(18)20-4)21-11-8(17)5(14)3(13)2-19-11/h3-18H,1-2H2/t3-,4-,5+,6+,7-,8-,9-,10-,11+/m1/s1. The molecule has 21 heavy (non-hydrogen) atoms. The van der Waals surface area contributed by atoms with E-state index in [1.165, 1.54) is 0 Å². The van der Waals surface area contributed by atoms with E-state index in [1.54, 1.807) is 0 Å². The summed E-state index contributed by atoms with van der Waals surface area (Å²) >= 11 is 0. The molecular weight excluding hydrogens is 292 g/mol. The first-order valence-corrected chi connectivity index (χ1v) is 6.48. The first kappa shape index (κ1) is 17.0. The van der Waals surface area contributed by atoms with E-state index < -0.39 is 61.9 Å². The van der Waals surface area contributed by atoms with Gasteiger partial charge in [-0.1, -0.05) is 0 Å². The van der Waals surface area contributed by atoms with Crippen LogP contribution < -0.4 is 0 Å². The molecular formula is C11H20O10. The van der Waals surface area contributed by atoms with Gasteiger partial charge in [0.1, 0.15) is 42.7 Å². The molecule has 2 aliphatic heterocycles. The van der Waals surface area contributed by atoms with Crippen LogP contribution in [0.3, 0.4) is 0 Å². The predicted octanol–water partition coefficient (Wildman–Crippen LogP) is -4.76. The van der Waals surface area contributed by atoms with E-state index in [0.717, 1.165) is 0 Å². The topological polar surface area (TPSA) is 169 Å². The molecule has 0 aromatic carbocycles. The Bertz CT molecular complexity index is 339. The molecule has 0 amide bonds. The Labute approximate surface area is 119 Å². The van der Waals surface area contributed by atoms with E-state index in [2.05, 4.69) is 0 Å². The molecule has 0 saturated carbocycles. The van der Waals surface area contributed by atoms with Gasteiger partial charge in [-0.3, -0.25) is 0 Å². The largest absolute Gasteiger partial charge is 0.394 e. The fraction of sp³-hybridized carbons (Fsp3) is 1.00. The van der Waals surface area contributed by atoms with Crippen LogP contribution in [0.15, 0.2) is 0 Å². The average Bonchev–Trinajstić information content (AvgIpc) is 2.47. The lowest BCUT2D eigenvalue weighted by Gasteiger charge is -2.43. The summed E-state index contributed by atoms with van der Waals surface area (Å²) in [6.45, 7) is -0.930. The number of hydrogen-bond acceptors (Lipinski definition) is 10. The van der Waals surface area contributed by atoms with E-state index in [-0.39, 0.29) is 6.61 Å². The van der Waals surface area contributed by atoms with Crippen LogP contribution in [0.4, 0.5) is 0 Å². The van der Waals surface area contributed by atoms with Crippen molar-refractivity contribution in [2.45, 2.75) is 55.3 Å². The number of aliphatic hydroxyl groups excluding tert-OH is 7. The summed E-state index contributed by atoms with van der Waals surface area (Å²) in [7, 11) is 0. The zero-order valence-electron chi connectivity index (χ0n) is 11.0. The average molecular weight is 312 g/mol. The predicted molar refractivity (Wildman–Crippen MR) is 62.6 cm³/mol. The zero-order valence-corrected chi connectivity index (χ0v) is 11.0. The molecule has 0 bridgehead atoms. The van der Waals surface area contributed by atoms with Crippen molar-refractivity contribution in [3.8, 4) is 0 Å². The van der Waals surface area contributed by atoms with Gasteiger partial charge >= 0.3 is 0 Å². The Morgan fingerprint density at radius 2 is 1.57 bits per heavy atom. The first-order valence-electron chi connectivity index (χ1n) is 6.48. The van der Waals surface area contributed by atoms with E-state index >= 15 is 0 Å². The van der Waals surface area contributed by atoms with Gasteiger partial charge in [0.2, 0.25) is 0 Å². The highest BCUT2D eigenvalue weighted by Crippen LogP contribution is 2.26. The highest BCUT2D eigenvalue weighted by atomic mass is 16.7. The lowest BCUT2D eigenvalue weighted by molar-refractivity contribution is -0.342. The SMILES string of the molecule is OC[C@H]1O[C@@H](O)[C@H](O)[C@H](O)[C@@H]1O[C@@H]1OC[C@@H](O)[C@H](O)[C@H]1O. The van der Waals surface area contributed by atoms with E-state index in [0.29, 0.717) is 0 Å². The number of rotatable bonds is 3. The fourth-order valence-electron chi connectivity index (χ4n) is 2.29. The number of aliphatic hydroxyl groups is 7. The quantitative estimate of drug-likeness (QED) is 0.268. The summed E-state index contributed by atoms with van der Waals surface area (Å²) in [6, 6.07) is 0. The highest BCUT2D eigenvalue weighted by molar-refractivity contribution is 4.91. The maximum atomic E-state index is 9.87. The molecule has 0 unspecified atom stereocenters. The first-order chi connectivity index (χ1) is 9.86. The molecule has 2 aliphatic rings. The normalized spacial score (nSPS) is 51.9. The lowest BCUT2D eigenvalue weighted by Crippen LogP contribution is -2.62. The molecule has 2 heterocycles. The second-order valence-corrected chi connectivity index (χ2v) is 5.08. The number of hydrogen-bond donors (Lipinski definition) is 7. The van der Waals surface area contributed by atoms with Crippen molar-refractivity contribution in [2.75, 3.05) is 13.2 Å². The van der Waals surface area contributed by atoms with Gasteiger partial charge in [0.15, 0.2) is 12.6 Å². The molecule has 0 radical (unpaired) electrons. The number of ether oxygens (including phenoxy) is 3. The summed E-state index contributed by atoms with van der Waals surface area (Å²) in [5.74, 6) is 0. The van der Waals surface area contributed by atoms with Crippen LogP contribution in [-0.2, 0) is 14.2 Å². The second kappa shape index (κ2) is 6.79. The van der Waals surface area contributed by atoms with Crippen LogP contribution in [-0.4, -0.2) is 104 Å². The summed E-state index contributed by atoms with van der Waals surface area (Å²) in [5, 5.41) is 66.5. The van der Waals surface area contributed by atoms with Gasteiger partial charge in [-0.15, -0.1) is 0 Å². The molecule has 2 saturated heterocycles. The third-order valence-electron chi connectivity index (χ3n) is 3.58. The zero-order chi connectivity index (χ0) is 15.7. The summed E-state index contributed by atoms with van der Waals surface area (Å²) < 4.78 is 15.1. The molecule has 2 rings (SSSR count). The third-order valence-corrected chi connectivity index (χ3v) is 3.58. The molecule has 10 heteroatoms. The van der Waals surface area contributed by atoms with Crippen molar-refractivity contribution in [1.82, 2.24) is 0 Å². The van der Waals surface area contributed by atoms with Crippen molar-refractivity contribution < 1.29 is 50.0 Å². The van der Waals surface area contributed by atoms with E-state index in [1.807, 2.05) is 0 Å². The smallest absolute Gasteiger partial charge is 0.186 e. The van der Waals surface area contributed by atoms with Gasteiger partial charge in [-0.25, -0.2) is 0 Å². The van der Waals surface area contributed by atoms with Crippen LogP contribution in [0.5, 0.6) is 0 Å². The Morgan fingerprint density at radius 1 is 0.905 bits per heavy atom. The molecule has 10 nitrogen and oxygen atoms in total. The molecule has 0 spiro atoms. The van der Waals surface area contributed by atoms with Crippen LogP contribution in [0.2, 0.25) is 0 Å². The molecule has 7 N–H and O–H groups in total. The molecule has 0 aliphatic carbocycles. The monoisotopic (exact) mass is 312 g/mol. The molecule has 0 aromatic rings. The van der Waals surface area contributed by atoms with E-state index in [4.69, 9.17) is 14.2 Å². The highest BCUT2D eigenvalue weighted by Gasteiger charge is 2.48. The minimum Gasteiger partial charge on any atom is -0.394 e. The minimum absolute atomic E-state index is 0.304. The summed E-state index contributed by atoms with van der Waals surface area (Å²) in [5.41, 5.74) is 0. The Balaban J connectivity index is 2.05. The van der Waals surface area contributed by atoms with Crippen LogP contribution in [0, 0.1) is 0 Å². The van der Waals surface area contributed by atoms with Crippen molar-refractivity contribution in [1.29, 1.82) is 0 Å². The van der Waals surface area contributed by atoms with Crippen molar-refractivity contribution in [3.63, 3.8) is 0 Å². The van der Waals surface area contributed by atoms with Crippen molar-refractivity contribution >= 4 is 0 Å². The van der Waals surface area contributed by atoms with Crippen molar-refractivity contribution in [3.05, 3.63) is 0 Å². The van der Waals surface area contributed by atoms with E-state index in [9.17, 15) is 35.7 Å². The second-order valence-electron chi connectivity index (χ2n) is 5.08. The molecule has 9 atom stereocenters. The fourth-order valence-corrected chi connectivity index (χ4v) is 2.29. The Hall–Kier alpha value is -0.400. The van der Waals surface area contributed by atoms with Crippen LogP contribution >= 0.6 is 0 Å². The minimum atomic E-state index is -1.69. The van der Waals surface area contributed by atoms with Crippen LogP contribution in [0.25, 0.3) is 0 Å². The lowest BCUT2D eigenvalue weighted by atomic mass is 9.98. The Kier molecular flexibility index (Phi) is 5.48. The van der Waals surface area contributed by atoms with Gasteiger partial charge in [-0.2, -0.15) is 0 Å². The summed E-state index contributed by atoms with van der Waals surface area (Å²) in [6.07, 6.45) is -13.2.